The SMILES string of the molecule is Cl.O=C(Nc1nonc1/C=N/ONc1ccc(F)c(Br)c1)c1csc(C2CCNCC2)n1. The van der Waals surface area contributed by atoms with Crippen LogP contribution in [0, 0.1) is 5.82 Å². The summed E-state index contributed by atoms with van der Waals surface area (Å²) in [5.41, 5.74) is 3.46. The van der Waals surface area contributed by atoms with Gasteiger partial charge < -0.3 is 10.6 Å². The maximum Gasteiger partial charge on any atom is 0.276 e. The van der Waals surface area contributed by atoms with Crippen molar-refractivity contribution in [2.75, 3.05) is 23.9 Å². The Kier molecular flexibility index (Phi) is 8.50. The lowest BCUT2D eigenvalue weighted by molar-refractivity contribution is 0.102. The van der Waals surface area contributed by atoms with Gasteiger partial charge in [0.05, 0.1) is 15.2 Å². The largest absolute Gasteiger partial charge is 0.317 e. The Hall–Kier alpha value is -2.61. The third-order valence-corrected chi connectivity index (χ3v) is 6.11. The van der Waals surface area contributed by atoms with E-state index in [1.165, 1.54) is 35.8 Å². The molecule has 1 fully saturated rings. The molecule has 0 atom stereocenters. The quantitative estimate of drug-likeness (QED) is 0.300. The van der Waals surface area contributed by atoms with Crippen molar-refractivity contribution in [1.29, 1.82) is 0 Å². The van der Waals surface area contributed by atoms with Gasteiger partial charge in [0, 0.05) is 11.3 Å². The zero-order valence-electron chi connectivity index (χ0n) is 16.4. The number of rotatable bonds is 7. The number of halogens is 3. The van der Waals surface area contributed by atoms with Gasteiger partial charge in [-0.2, -0.15) is 5.48 Å². The number of benzene rings is 1. The molecule has 0 aliphatic carbocycles. The molecular formula is C18H18BrClFN7O3S. The molecule has 10 nitrogen and oxygen atoms in total. The molecule has 0 saturated carbocycles. The minimum Gasteiger partial charge on any atom is -0.317 e. The standard InChI is InChI=1S/C18H17BrFN7O3S.ClH/c19-12-7-11(1-2-13(12)20)25-29-22-8-14-16(27-30-26-14)24-17(28)15-9-31-18(23-15)10-3-5-21-6-4-10;/h1-2,7-10,21,25H,3-6H2,(H,24,27,28);1H/b22-8+;. The van der Waals surface area contributed by atoms with Gasteiger partial charge >= 0.3 is 0 Å². The molecule has 3 N–H and O–H groups in total. The summed E-state index contributed by atoms with van der Waals surface area (Å²) < 4.78 is 18.2. The lowest BCUT2D eigenvalue weighted by atomic mass is 9.99. The van der Waals surface area contributed by atoms with Gasteiger partial charge in [-0.05, 0) is 70.4 Å². The van der Waals surface area contributed by atoms with Crippen LogP contribution in [-0.4, -0.2) is 40.5 Å². The van der Waals surface area contributed by atoms with Gasteiger partial charge in [0.25, 0.3) is 5.91 Å². The van der Waals surface area contributed by atoms with Crippen LogP contribution in [0.15, 0.2) is 37.8 Å². The summed E-state index contributed by atoms with van der Waals surface area (Å²) in [6.07, 6.45) is 3.22. The van der Waals surface area contributed by atoms with E-state index in [-0.39, 0.29) is 28.4 Å². The molecule has 32 heavy (non-hydrogen) atoms. The lowest BCUT2D eigenvalue weighted by Crippen LogP contribution is -2.26. The van der Waals surface area contributed by atoms with Crippen LogP contribution in [0.1, 0.15) is 39.9 Å². The van der Waals surface area contributed by atoms with E-state index in [1.807, 2.05) is 0 Å². The first-order valence-corrected chi connectivity index (χ1v) is 11.0. The van der Waals surface area contributed by atoms with E-state index >= 15 is 0 Å². The van der Waals surface area contributed by atoms with Crippen molar-refractivity contribution in [3.63, 3.8) is 0 Å². The van der Waals surface area contributed by atoms with Crippen LogP contribution < -0.4 is 16.1 Å². The van der Waals surface area contributed by atoms with Crippen molar-refractivity contribution >= 4 is 63.3 Å². The van der Waals surface area contributed by atoms with Crippen LogP contribution in [-0.2, 0) is 4.94 Å². The zero-order chi connectivity index (χ0) is 21.6. The first kappa shape index (κ1) is 24.0. The highest BCUT2D eigenvalue weighted by Gasteiger charge is 2.21. The fourth-order valence-electron chi connectivity index (χ4n) is 2.90. The molecule has 1 aliphatic heterocycles. The molecule has 170 valence electrons. The molecule has 14 heteroatoms. The van der Waals surface area contributed by atoms with Gasteiger partial charge in [-0.15, -0.1) is 23.7 Å². The molecular weight excluding hydrogens is 529 g/mol. The molecule has 1 saturated heterocycles. The third-order valence-electron chi connectivity index (χ3n) is 4.50. The second-order valence-electron chi connectivity index (χ2n) is 6.60. The molecule has 1 amide bonds. The highest BCUT2D eigenvalue weighted by atomic mass is 79.9. The first-order chi connectivity index (χ1) is 15.1. The monoisotopic (exact) mass is 545 g/mol. The first-order valence-electron chi connectivity index (χ1n) is 9.30. The van der Waals surface area contributed by atoms with E-state index in [4.69, 9.17) is 4.94 Å². The number of thiazole rings is 1. The molecule has 2 aromatic heterocycles. The summed E-state index contributed by atoms with van der Waals surface area (Å²) in [4.78, 5) is 21.9. The van der Waals surface area contributed by atoms with E-state index in [1.54, 1.807) is 5.38 Å². The third kappa shape index (κ3) is 6.00. The van der Waals surface area contributed by atoms with Crippen LogP contribution in [0.4, 0.5) is 15.9 Å². The number of carbonyl (C=O) groups is 1. The summed E-state index contributed by atoms with van der Waals surface area (Å²) in [5.74, 6) is -0.364. The van der Waals surface area contributed by atoms with Crippen molar-refractivity contribution < 1.29 is 18.8 Å². The number of anilines is 2. The smallest absolute Gasteiger partial charge is 0.276 e. The molecule has 0 bridgehead atoms. The Morgan fingerprint density at radius 3 is 2.97 bits per heavy atom. The molecule has 0 radical (unpaired) electrons. The van der Waals surface area contributed by atoms with Crippen molar-refractivity contribution in [1.82, 2.24) is 20.6 Å². The normalized spacial score (nSPS) is 14.2. The average Bonchev–Trinajstić information content (AvgIpc) is 3.44. The number of nitrogens with one attached hydrogen (secondary N) is 3. The van der Waals surface area contributed by atoms with Gasteiger partial charge in [-0.25, -0.2) is 14.0 Å². The summed E-state index contributed by atoms with van der Waals surface area (Å²) in [6.45, 7) is 1.91. The second kappa shape index (κ2) is 11.3. The number of piperidine rings is 1. The number of carbonyl (C=O) groups excluding carboxylic acids is 1. The van der Waals surface area contributed by atoms with E-state index in [9.17, 15) is 9.18 Å². The van der Waals surface area contributed by atoms with Gasteiger partial charge in [0.2, 0.25) is 5.82 Å². The highest BCUT2D eigenvalue weighted by Crippen LogP contribution is 2.28. The lowest BCUT2D eigenvalue weighted by Gasteiger charge is -2.20. The summed E-state index contributed by atoms with van der Waals surface area (Å²) in [6, 6.07) is 4.23. The summed E-state index contributed by atoms with van der Waals surface area (Å²) in [7, 11) is 0. The van der Waals surface area contributed by atoms with E-state index in [0.717, 1.165) is 30.9 Å². The molecule has 3 heterocycles. The van der Waals surface area contributed by atoms with Crippen molar-refractivity contribution in [3.8, 4) is 0 Å². The Bertz CT molecular complexity index is 1090. The molecule has 0 spiro atoms. The molecule has 4 rings (SSSR count). The second-order valence-corrected chi connectivity index (χ2v) is 8.35. The predicted molar refractivity (Wildman–Crippen MR) is 123 cm³/mol. The maximum atomic E-state index is 13.2. The number of amides is 1. The number of oxime groups is 1. The van der Waals surface area contributed by atoms with Gasteiger partial charge in [-0.3, -0.25) is 9.73 Å². The Morgan fingerprint density at radius 1 is 1.38 bits per heavy atom. The van der Waals surface area contributed by atoms with Crippen LogP contribution in [0.2, 0.25) is 0 Å². The van der Waals surface area contributed by atoms with Gasteiger partial charge in [0.15, 0.2) is 5.69 Å². The zero-order valence-corrected chi connectivity index (χ0v) is 19.6. The minimum atomic E-state index is -0.419. The predicted octanol–water partition coefficient (Wildman–Crippen LogP) is 3.95. The average molecular weight is 547 g/mol. The molecule has 1 aromatic carbocycles. The van der Waals surface area contributed by atoms with E-state index < -0.39 is 11.7 Å². The van der Waals surface area contributed by atoms with Crippen molar-refractivity contribution in [2.45, 2.75) is 18.8 Å². The maximum absolute atomic E-state index is 13.2. The highest BCUT2D eigenvalue weighted by molar-refractivity contribution is 9.10. The fraction of sp³-hybridized carbons (Fsp3) is 0.278. The minimum absolute atomic E-state index is 0. The van der Waals surface area contributed by atoms with Crippen LogP contribution in [0.25, 0.3) is 0 Å². The molecule has 3 aromatic rings. The molecule has 1 aliphatic rings. The summed E-state index contributed by atoms with van der Waals surface area (Å²) >= 11 is 4.55. The Labute approximate surface area is 200 Å². The topological polar surface area (TPSA) is 127 Å². The summed E-state index contributed by atoms with van der Waals surface area (Å²) in [5, 5.41) is 19.6. The van der Waals surface area contributed by atoms with Crippen molar-refractivity contribution in [2.24, 2.45) is 5.16 Å². The van der Waals surface area contributed by atoms with Gasteiger partial charge in [-0.1, -0.05) is 5.16 Å². The number of nitrogens with zero attached hydrogens (tertiary/aromatic N) is 4. The number of hydrogen-bond acceptors (Lipinski definition) is 10. The van der Waals surface area contributed by atoms with Crippen LogP contribution >= 0.6 is 39.7 Å². The van der Waals surface area contributed by atoms with E-state index in [2.05, 4.69) is 57.1 Å². The van der Waals surface area contributed by atoms with Crippen molar-refractivity contribution in [3.05, 3.63) is 50.3 Å². The fourth-order valence-corrected chi connectivity index (χ4v) is 4.25. The number of hydrogen-bond donors (Lipinski definition) is 3. The Balaban J connectivity index is 0.00000289. The Morgan fingerprint density at radius 2 is 2.19 bits per heavy atom. The van der Waals surface area contributed by atoms with Crippen LogP contribution in [0.3, 0.4) is 0 Å². The number of aromatic nitrogens is 3. The van der Waals surface area contributed by atoms with E-state index in [0.29, 0.717) is 17.3 Å². The van der Waals surface area contributed by atoms with Gasteiger partial charge in [0.1, 0.15) is 17.7 Å². The van der Waals surface area contributed by atoms with Crippen LogP contribution in [0.5, 0.6) is 0 Å². The molecule has 0 unspecified atom stereocenters.